The van der Waals surface area contributed by atoms with Gasteiger partial charge in [0.1, 0.15) is 0 Å². The average molecular weight is 417 g/mol. The third kappa shape index (κ3) is 4.30. The standard InChI is InChI=1S/C23H32N2O5/c1-5-14(11-24-22(29)30-6-2)20(26)25-12-17-18(13-25)19(17)15-8-7-9-16(10-15)23(3,4)21(27)28/h7-10,14,17-19H,5-6,11-13H2,1-4H3,(H,24,29)(H,27,28)/t14-,17-,18+,19+/m1/s1. The van der Waals surface area contributed by atoms with E-state index in [9.17, 15) is 19.5 Å². The maximum Gasteiger partial charge on any atom is 0.407 e. The minimum atomic E-state index is -0.928. The average Bonchev–Trinajstić information content (AvgIpc) is 3.21. The van der Waals surface area contributed by atoms with E-state index in [1.807, 2.05) is 30.0 Å². The molecule has 0 unspecified atom stereocenters. The third-order valence-electron chi connectivity index (χ3n) is 6.64. The zero-order chi connectivity index (χ0) is 22.1. The lowest BCUT2D eigenvalue weighted by molar-refractivity contribution is -0.142. The second-order valence-corrected chi connectivity index (χ2v) is 8.86. The third-order valence-corrected chi connectivity index (χ3v) is 6.64. The van der Waals surface area contributed by atoms with E-state index < -0.39 is 17.5 Å². The Hall–Kier alpha value is -2.57. The van der Waals surface area contributed by atoms with Crippen LogP contribution in [0.3, 0.4) is 0 Å². The van der Waals surface area contributed by atoms with E-state index in [1.54, 1.807) is 20.8 Å². The highest BCUT2D eigenvalue weighted by Crippen LogP contribution is 2.58. The van der Waals surface area contributed by atoms with E-state index in [-0.39, 0.29) is 18.4 Å². The number of hydrogen-bond acceptors (Lipinski definition) is 4. The molecule has 7 nitrogen and oxygen atoms in total. The number of carboxylic acid groups (broad SMARTS) is 1. The molecule has 164 valence electrons. The molecular weight excluding hydrogens is 384 g/mol. The Labute approximate surface area is 177 Å². The lowest BCUT2D eigenvalue weighted by atomic mass is 9.83. The summed E-state index contributed by atoms with van der Waals surface area (Å²) in [6.07, 6.45) is 0.171. The molecule has 1 heterocycles. The summed E-state index contributed by atoms with van der Waals surface area (Å²) in [4.78, 5) is 37.9. The van der Waals surface area contributed by atoms with E-state index >= 15 is 0 Å². The van der Waals surface area contributed by atoms with Crippen LogP contribution in [-0.2, 0) is 19.7 Å². The Bertz CT molecular complexity index is 810. The van der Waals surface area contributed by atoms with Crippen LogP contribution in [0.5, 0.6) is 0 Å². The molecule has 1 aromatic rings. The number of likely N-dealkylation sites (tertiary alicyclic amines) is 1. The fourth-order valence-electron chi connectivity index (χ4n) is 4.51. The molecule has 2 fully saturated rings. The Balaban J connectivity index is 1.58. The second kappa shape index (κ2) is 8.66. The molecule has 2 amide bonds. The van der Waals surface area contributed by atoms with Crippen molar-refractivity contribution in [1.29, 1.82) is 0 Å². The summed E-state index contributed by atoms with van der Waals surface area (Å²) in [5.74, 6) is 0.233. The molecule has 0 bridgehead atoms. The number of nitrogens with zero attached hydrogens (tertiary/aromatic N) is 1. The molecule has 3 rings (SSSR count). The molecule has 4 atom stereocenters. The second-order valence-electron chi connectivity index (χ2n) is 8.86. The van der Waals surface area contributed by atoms with Crippen LogP contribution in [0.25, 0.3) is 0 Å². The Morgan fingerprint density at radius 2 is 1.90 bits per heavy atom. The molecule has 1 aromatic carbocycles. The summed E-state index contributed by atoms with van der Waals surface area (Å²) in [5.41, 5.74) is 1.05. The van der Waals surface area contributed by atoms with Crippen molar-refractivity contribution in [2.75, 3.05) is 26.2 Å². The van der Waals surface area contributed by atoms with Gasteiger partial charge in [0, 0.05) is 19.6 Å². The van der Waals surface area contributed by atoms with Gasteiger partial charge in [0.05, 0.1) is 17.9 Å². The van der Waals surface area contributed by atoms with Gasteiger partial charge in [-0.3, -0.25) is 9.59 Å². The summed E-state index contributed by atoms with van der Waals surface area (Å²) in [7, 11) is 0. The molecule has 0 radical (unpaired) electrons. The SMILES string of the molecule is CCOC(=O)NC[C@@H](CC)C(=O)N1C[C@@H]2[C@H](C1)[C@H]2c1cccc(C(C)(C)C(=O)O)c1. The highest BCUT2D eigenvalue weighted by atomic mass is 16.5. The fourth-order valence-corrected chi connectivity index (χ4v) is 4.51. The number of ether oxygens (including phenoxy) is 1. The fraction of sp³-hybridized carbons (Fsp3) is 0.609. The van der Waals surface area contributed by atoms with Crippen molar-refractivity contribution in [3.63, 3.8) is 0 Å². The van der Waals surface area contributed by atoms with Crippen LogP contribution in [0, 0.1) is 17.8 Å². The van der Waals surface area contributed by atoms with Crippen molar-refractivity contribution < 1.29 is 24.2 Å². The molecule has 0 spiro atoms. The largest absolute Gasteiger partial charge is 0.481 e. The van der Waals surface area contributed by atoms with Crippen molar-refractivity contribution in [3.05, 3.63) is 35.4 Å². The minimum absolute atomic E-state index is 0.0843. The first-order valence-corrected chi connectivity index (χ1v) is 10.7. The van der Waals surface area contributed by atoms with Crippen LogP contribution in [0.4, 0.5) is 4.79 Å². The highest BCUT2D eigenvalue weighted by Gasteiger charge is 2.57. The molecule has 2 N–H and O–H groups in total. The van der Waals surface area contributed by atoms with Gasteiger partial charge in [-0.25, -0.2) is 4.79 Å². The summed E-state index contributed by atoms with van der Waals surface area (Å²) in [5, 5.41) is 12.2. The van der Waals surface area contributed by atoms with E-state index in [0.29, 0.717) is 30.8 Å². The van der Waals surface area contributed by atoms with Gasteiger partial charge in [-0.15, -0.1) is 0 Å². The van der Waals surface area contributed by atoms with Crippen LogP contribution >= 0.6 is 0 Å². The number of aliphatic carboxylic acids is 1. The molecular formula is C23H32N2O5. The van der Waals surface area contributed by atoms with E-state index in [1.165, 1.54) is 5.56 Å². The number of carboxylic acids is 1. The van der Waals surface area contributed by atoms with E-state index in [4.69, 9.17) is 4.74 Å². The topological polar surface area (TPSA) is 95.9 Å². The number of carbonyl (C=O) groups excluding carboxylic acids is 2. The van der Waals surface area contributed by atoms with Crippen LogP contribution in [0.15, 0.2) is 24.3 Å². The quantitative estimate of drug-likeness (QED) is 0.679. The van der Waals surface area contributed by atoms with E-state index in [0.717, 1.165) is 18.7 Å². The molecule has 2 aliphatic rings. The predicted octanol–water partition coefficient (Wildman–Crippen LogP) is 2.99. The molecule has 1 saturated carbocycles. The van der Waals surface area contributed by atoms with Crippen LogP contribution in [0.1, 0.15) is 51.2 Å². The zero-order valence-corrected chi connectivity index (χ0v) is 18.2. The van der Waals surface area contributed by atoms with Crippen molar-refractivity contribution in [2.24, 2.45) is 17.8 Å². The van der Waals surface area contributed by atoms with E-state index in [2.05, 4.69) is 11.4 Å². The number of alkyl carbamates (subject to hydrolysis) is 1. The number of nitrogens with one attached hydrogen (secondary N) is 1. The van der Waals surface area contributed by atoms with Gasteiger partial charge in [0.25, 0.3) is 0 Å². The number of carbonyl (C=O) groups is 3. The first kappa shape index (κ1) is 22.1. The van der Waals surface area contributed by atoms with Crippen molar-refractivity contribution in [3.8, 4) is 0 Å². The maximum atomic E-state index is 12.9. The highest BCUT2D eigenvalue weighted by molar-refractivity contribution is 5.81. The number of hydrogen-bond donors (Lipinski definition) is 2. The number of rotatable bonds is 8. The van der Waals surface area contributed by atoms with Gasteiger partial charge in [-0.2, -0.15) is 0 Å². The smallest absolute Gasteiger partial charge is 0.407 e. The lowest BCUT2D eigenvalue weighted by Crippen LogP contribution is -2.41. The molecule has 30 heavy (non-hydrogen) atoms. The van der Waals surface area contributed by atoms with Crippen LogP contribution in [0.2, 0.25) is 0 Å². The number of fused-ring (bicyclic) bond motifs is 1. The normalized spacial score (nSPS) is 23.5. The number of benzene rings is 1. The Kier molecular flexibility index (Phi) is 6.38. The minimum Gasteiger partial charge on any atom is -0.481 e. The molecule has 7 heteroatoms. The van der Waals surface area contributed by atoms with Gasteiger partial charge < -0.3 is 20.1 Å². The summed E-state index contributed by atoms with van der Waals surface area (Å²) < 4.78 is 4.87. The van der Waals surface area contributed by atoms with Gasteiger partial charge in [0.15, 0.2) is 0 Å². The molecule has 1 aliphatic carbocycles. The summed E-state index contributed by atoms with van der Waals surface area (Å²) in [6, 6.07) is 7.88. The Morgan fingerprint density at radius 3 is 2.47 bits per heavy atom. The van der Waals surface area contributed by atoms with Gasteiger partial charge in [-0.05, 0) is 56.1 Å². The van der Waals surface area contributed by atoms with Crippen LogP contribution < -0.4 is 5.32 Å². The monoisotopic (exact) mass is 416 g/mol. The number of piperidine rings is 1. The predicted molar refractivity (Wildman–Crippen MR) is 112 cm³/mol. The van der Waals surface area contributed by atoms with Crippen LogP contribution in [-0.4, -0.2) is 54.2 Å². The first-order valence-electron chi connectivity index (χ1n) is 10.7. The number of amides is 2. The summed E-state index contributed by atoms with van der Waals surface area (Å²) >= 11 is 0. The summed E-state index contributed by atoms with van der Waals surface area (Å²) in [6.45, 7) is 9.16. The maximum absolute atomic E-state index is 12.9. The van der Waals surface area contributed by atoms with Gasteiger partial charge in [-0.1, -0.05) is 31.2 Å². The van der Waals surface area contributed by atoms with Gasteiger partial charge >= 0.3 is 12.1 Å². The van der Waals surface area contributed by atoms with Crippen molar-refractivity contribution in [2.45, 2.75) is 45.4 Å². The molecule has 1 aliphatic heterocycles. The molecule has 1 saturated heterocycles. The van der Waals surface area contributed by atoms with Crippen molar-refractivity contribution >= 4 is 18.0 Å². The van der Waals surface area contributed by atoms with Crippen molar-refractivity contribution in [1.82, 2.24) is 10.2 Å². The first-order chi connectivity index (χ1) is 14.2. The zero-order valence-electron chi connectivity index (χ0n) is 18.2. The van der Waals surface area contributed by atoms with Gasteiger partial charge in [0.2, 0.25) is 5.91 Å². The lowest BCUT2D eigenvalue weighted by Gasteiger charge is -2.25. The Morgan fingerprint density at radius 1 is 1.23 bits per heavy atom. The molecule has 0 aromatic heterocycles.